The minimum atomic E-state index is -0.0890. The van der Waals surface area contributed by atoms with Crippen molar-refractivity contribution in [2.45, 2.75) is 45.9 Å². The van der Waals surface area contributed by atoms with Crippen molar-refractivity contribution in [1.29, 1.82) is 0 Å². The molecule has 7 heteroatoms. The number of fused-ring (bicyclic) bond motifs is 1. The number of nitrogens with zero attached hydrogens (tertiary/aromatic N) is 2. The zero-order valence-corrected chi connectivity index (χ0v) is 18.8. The Morgan fingerprint density at radius 1 is 1.29 bits per heavy atom. The van der Waals surface area contributed by atoms with Gasteiger partial charge in [-0.15, -0.1) is 0 Å². The molecule has 1 aliphatic rings. The lowest BCUT2D eigenvalue weighted by Gasteiger charge is -2.26. The summed E-state index contributed by atoms with van der Waals surface area (Å²) in [5, 5.41) is 4.97. The molecule has 4 rings (SSSR count). The van der Waals surface area contributed by atoms with E-state index in [9.17, 15) is 4.79 Å². The van der Waals surface area contributed by atoms with E-state index in [1.165, 1.54) is 5.56 Å². The first-order chi connectivity index (χ1) is 15.0. The van der Waals surface area contributed by atoms with Gasteiger partial charge in [-0.1, -0.05) is 6.07 Å². The van der Waals surface area contributed by atoms with Crippen molar-refractivity contribution in [1.82, 2.24) is 20.2 Å². The minimum absolute atomic E-state index is 0.0890. The Morgan fingerprint density at radius 3 is 2.87 bits per heavy atom. The standard InChI is InChI=1S/C24H28N4O2S/c1-16-9-19-11-20(23(29)27-22(19)10-17(16)2)15-28(14-18-5-3-7-25-12-18)24(31)26-13-21-6-4-8-30-21/h3,5,7,9-12,21H,4,6,8,13-15H2,1-2H3,(H,26,31)(H,27,29)/t21-/m0/s1. The predicted octanol–water partition coefficient (Wildman–Crippen LogP) is 3.60. The Labute approximate surface area is 187 Å². The van der Waals surface area contributed by atoms with Crippen molar-refractivity contribution >= 4 is 28.2 Å². The van der Waals surface area contributed by atoms with Gasteiger partial charge in [-0.25, -0.2) is 0 Å². The monoisotopic (exact) mass is 436 g/mol. The molecular weight excluding hydrogens is 408 g/mol. The number of H-pyrrole nitrogens is 1. The van der Waals surface area contributed by atoms with Gasteiger partial charge in [0.1, 0.15) is 0 Å². The lowest BCUT2D eigenvalue weighted by Crippen LogP contribution is -2.42. The number of hydrogen-bond acceptors (Lipinski definition) is 4. The number of rotatable bonds is 6. The zero-order valence-electron chi connectivity index (χ0n) is 18.0. The van der Waals surface area contributed by atoms with Crippen molar-refractivity contribution in [3.63, 3.8) is 0 Å². The topological polar surface area (TPSA) is 70.2 Å². The van der Waals surface area contributed by atoms with Gasteiger partial charge in [-0.2, -0.15) is 0 Å². The first-order valence-corrected chi connectivity index (χ1v) is 11.1. The van der Waals surface area contributed by atoms with Gasteiger partial charge in [-0.3, -0.25) is 9.78 Å². The van der Waals surface area contributed by atoms with E-state index in [4.69, 9.17) is 17.0 Å². The van der Waals surface area contributed by atoms with Gasteiger partial charge >= 0.3 is 0 Å². The van der Waals surface area contributed by atoms with Crippen molar-refractivity contribution in [2.75, 3.05) is 13.2 Å². The van der Waals surface area contributed by atoms with Crippen LogP contribution in [0.15, 0.2) is 47.5 Å². The molecule has 0 unspecified atom stereocenters. The molecule has 0 bridgehead atoms. The Kier molecular flexibility index (Phi) is 6.63. The molecule has 0 radical (unpaired) electrons. The number of ether oxygens (including phenoxy) is 1. The quantitative estimate of drug-likeness (QED) is 0.576. The fourth-order valence-corrected chi connectivity index (χ4v) is 4.09. The third-order valence-corrected chi connectivity index (χ3v) is 6.19. The van der Waals surface area contributed by atoms with Crippen LogP contribution in [0.25, 0.3) is 10.9 Å². The van der Waals surface area contributed by atoms with E-state index in [-0.39, 0.29) is 11.7 Å². The van der Waals surface area contributed by atoms with E-state index in [2.05, 4.69) is 35.2 Å². The van der Waals surface area contributed by atoms with Crippen LogP contribution in [0, 0.1) is 13.8 Å². The third kappa shape index (κ3) is 5.29. The molecule has 1 saturated heterocycles. The molecule has 1 aromatic carbocycles. The van der Waals surface area contributed by atoms with Gasteiger partial charge < -0.3 is 19.9 Å². The Balaban J connectivity index is 1.58. The highest BCUT2D eigenvalue weighted by Gasteiger charge is 2.18. The number of nitrogens with one attached hydrogen (secondary N) is 2. The molecule has 0 saturated carbocycles. The fraction of sp³-hybridized carbons (Fsp3) is 0.375. The molecule has 3 aromatic rings. The number of hydrogen-bond donors (Lipinski definition) is 2. The molecule has 1 fully saturated rings. The third-order valence-electron chi connectivity index (χ3n) is 5.79. The molecule has 6 nitrogen and oxygen atoms in total. The summed E-state index contributed by atoms with van der Waals surface area (Å²) in [6.07, 6.45) is 5.89. The normalized spacial score (nSPS) is 15.9. The van der Waals surface area contributed by atoms with Crippen molar-refractivity contribution < 1.29 is 4.74 Å². The lowest BCUT2D eigenvalue weighted by atomic mass is 10.0. The van der Waals surface area contributed by atoms with Gasteiger partial charge in [0, 0.05) is 43.2 Å². The molecule has 31 heavy (non-hydrogen) atoms. The SMILES string of the molecule is Cc1cc2cc(CN(Cc3cccnc3)C(=S)NC[C@@H]3CCCO3)c(=O)[nH]c2cc1C. The fourth-order valence-electron chi connectivity index (χ4n) is 3.87. The van der Waals surface area contributed by atoms with Crippen molar-refractivity contribution in [3.8, 4) is 0 Å². The first-order valence-electron chi connectivity index (χ1n) is 10.7. The van der Waals surface area contributed by atoms with Gasteiger partial charge in [0.05, 0.1) is 12.6 Å². The molecule has 2 N–H and O–H groups in total. The summed E-state index contributed by atoms with van der Waals surface area (Å²) in [6.45, 7) is 6.59. The summed E-state index contributed by atoms with van der Waals surface area (Å²) in [7, 11) is 0. The lowest BCUT2D eigenvalue weighted by molar-refractivity contribution is 0.113. The van der Waals surface area contributed by atoms with Gasteiger partial charge in [0.25, 0.3) is 5.56 Å². The zero-order chi connectivity index (χ0) is 21.8. The largest absolute Gasteiger partial charge is 0.376 e. The first kappa shape index (κ1) is 21.5. The van der Waals surface area contributed by atoms with Crippen LogP contribution in [0.5, 0.6) is 0 Å². The molecule has 0 aliphatic carbocycles. The molecular formula is C24H28N4O2S. The van der Waals surface area contributed by atoms with Crippen LogP contribution in [0.1, 0.15) is 35.1 Å². The van der Waals surface area contributed by atoms with Crippen molar-refractivity contribution in [3.05, 3.63) is 75.3 Å². The maximum atomic E-state index is 12.8. The van der Waals surface area contributed by atoms with Crippen molar-refractivity contribution in [2.24, 2.45) is 0 Å². The van der Waals surface area contributed by atoms with Gasteiger partial charge in [0.2, 0.25) is 0 Å². The molecule has 1 atom stereocenters. The number of aromatic nitrogens is 2. The Hall–Kier alpha value is -2.77. The van der Waals surface area contributed by atoms with Crippen LogP contribution in [0.3, 0.4) is 0 Å². The Morgan fingerprint density at radius 2 is 2.13 bits per heavy atom. The van der Waals surface area contributed by atoms with E-state index >= 15 is 0 Å². The van der Waals surface area contributed by atoms with Crippen LogP contribution in [-0.4, -0.2) is 39.2 Å². The molecule has 3 heterocycles. The number of pyridine rings is 2. The van der Waals surface area contributed by atoms with E-state index in [0.29, 0.717) is 30.3 Å². The van der Waals surface area contributed by atoms with Crippen LogP contribution in [0.2, 0.25) is 0 Å². The van der Waals surface area contributed by atoms with E-state index in [1.54, 1.807) is 6.20 Å². The number of aromatic amines is 1. The number of benzene rings is 1. The summed E-state index contributed by atoms with van der Waals surface area (Å²) < 4.78 is 5.70. The number of aryl methyl sites for hydroxylation is 2. The van der Waals surface area contributed by atoms with Crippen LogP contribution < -0.4 is 10.9 Å². The highest BCUT2D eigenvalue weighted by molar-refractivity contribution is 7.80. The highest BCUT2D eigenvalue weighted by atomic mass is 32.1. The van der Waals surface area contributed by atoms with Crippen LogP contribution in [0.4, 0.5) is 0 Å². The van der Waals surface area contributed by atoms with Crippen LogP contribution in [-0.2, 0) is 17.8 Å². The summed E-state index contributed by atoms with van der Waals surface area (Å²) in [5.41, 5.74) is 4.84. The van der Waals surface area contributed by atoms with Gasteiger partial charge in [0.15, 0.2) is 5.11 Å². The predicted molar refractivity (Wildman–Crippen MR) is 127 cm³/mol. The second kappa shape index (κ2) is 9.58. The van der Waals surface area contributed by atoms with Gasteiger partial charge in [-0.05, 0) is 85.2 Å². The molecule has 162 valence electrons. The number of thiocarbonyl (C=S) groups is 1. The van der Waals surface area contributed by atoms with Crippen LogP contribution >= 0.6 is 12.2 Å². The average Bonchev–Trinajstić information content (AvgIpc) is 3.28. The van der Waals surface area contributed by atoms with E-state index in [0.717, 1.165) is 41.5 Å². The molecule has 1 aliphatic heterocycles. The van der Waals surface area contributed by atoms with E-state index < -0.39 is 0 Å². The second-order valence-electron chi connectivity index (χ2n) is 8.19. The summed E-state index contributed by atoms with van der Waals surface area (Å²) in [6, 6.07) is 10.0. The molecule has 2 aromatic heterocycles. The average molecular weight is 437 g/mol. The second-order valence-corrected chi connectivity index (χ2v) is 8.57. The maximum absolute atomic E-state index is 12.8. The van der Waals surface area contributed by atoms with E-state index in [1.807, 2.05) is 35.4 Å². The smallest absolute Gasteiger partial charge is 0.253 e. The summed E-state index contributed by atoms with van der Waals surface area (Å²) in [4.78, 5) is 22.1. The summed E-state index contributed by atoms with van der Waals surface area (Å²) in [5.74, 6) is 0. The molecule has 0 amide bonds. The molecule has 0 spiro atoms. The summed E-state index contributed by atoms with van der Waals surface area (Å²) >= 11 is 5.71. The maximum Gasteiger partial charge on any atom is 0.253 e. The highest BCUT2D eigenvalue weighted by Crippen LogP contribution is 2.18. The Bertz CT molecular complexity index is 1120. The minimum Gasteiger partial charge on any atom is -0.376 e.